The van der Waals surface area contributed by atoms with Crippen molar-refractivity contribution in [3.63, 3.8) is 0 Å². The Morgan fingerprint density at radius 2 is 2.11 bits per heavy atom. The summed E-state index contributed by atoms with van der Waals surface area (Å²) in [6.07, 6.45) is 5.59. The molecular formula is C14H22N2OS. The molecule has 0 atom stereocenters. The summed E-state index contributed by atoms with van der Waals surface area (Å²) in [7, 11) is 1.90. The minimum Gasteiger partial charge on any atom is -0.354 e. The van der Waals surface area contributed by atoms with E-state index in [-0.39, 0.29) is 11.3 Å². The van der Waals surface area contributed by atoms with Crippen molar-refractivity contribution in [3.05, 3.63) is 22.4 Å². The summed E-state index contributed by atoms with van der Waals surface area (Å²) in [6, 6.07) is 4.17. The Balaban J connectivity index is 2.12. The summed E-state index contributed by atoms with van der Waals surface area (Å²) in [5, 5.41) is 8.22. The average Bonchev–Trinajstić information content (AvgIpc) is 2.94. The average molecular weight is 266 g/mol. The fraction of sp³-hybridized carbons (Fsp3) is 0.643. The summed E-state index contributed by atoms with van der Waals surface area (Å²) >= 11 is 1.72. The summed E-state index contributed by atoms with van der Waals surface area (Å²) in [6.45, 7) is 1.54. The maximum atomic E-state index is 12.6. The molecule has 1 aliphatic rings. The van der Waals surface area contributed by atoms with Gasteiger partial charge in [0.25, 0.3) is 0 Å². The fourth-order valence-electron chi connectivity index (χ4n) is 2.76. The van der Waals surface area contributed by atoms with Crippen LogP contribution in [0.2, 0.25) is 0 Å². The molecule has 0 bridgehead atoms. The standard InChI is InChI=1S/C14H22N2OS/c1-15-9-10-16-13(17)14(7-3-2-4-8-14)12-6-5-11-18-12/h5-6,11,15H,2-4,7-10H2,1H3,(H,16,17). The van der Waals surface area contributed by atoms with Crippen LogP contribution in [0, 0.1) is 0 Å². The molecule has 0 spiro atoms. The molecule has 1 aromatic rings. The molecular weight excluding hydrogens is 244 g/mol. The van der Waals surface area contributed by atoms with Gasteiger partial charge in [0.1, 0.15) is 0 Å². The maximum absolute atomic E-state index is 12.6. The van der Waals surface area contributed by atoms with Gasteiger partial charge >= 0.3 is 0 Å². The fourth-order valence-corrected chi connectivity index (χ4v) is 3.75. The van der Waals surface area contributed by atoms with Crippen molar-refractivity contribution in [2.45, 2.75) is 37.5 Å². The minimum atomic E-state index is -0.250. The monoisotopic (exact) mass is 266 g/mol. The molecule has 1 amide bonds. The second-order valence-electron chi connectivity index (χ2n) is 4.98. The second-order valence-corrected chi connectivity index (χ2v) is 5.93. The van der Waals surface area contributed by atoms with E-state index in [0.29, 0.717) is 6.54 Å². The van der Waals surface area contributed by atoms with Crippen molar-refractivity contribution in [1.82, 2.24) is 10.6 Å². The number of hydrogen-bond donors (Lipinski definition) is 2. The summed E-state index contributed by atoms with van der Waals surface area (Å²) < 4.78 is 0. The van der Waals surface area contributed by atoms with Crippen molar-refractivity contribution in [2.24, 2.45) is 0 Å². The number of carbonyl (C=O) groups excluding carboxylic acids is 1. The van der Waals surface area contributed by atoms with Crippen LogP contribution in [-0.2, 0) is 10.2 Å². The number of thiophene rings is 1. The van der Waals surface area contributed by atoms with E-state index in [9.17, 15) is 4.79 Å². The molecule has 2 rings (SSSR count). The predicted molar refractivity (Wildman–Crippen MR) is 76.0 cm³/mol. The van der Waals surface area contributed by atoms with Crippen molar-refractivity contribution in [3.8, 4) is 0 Å². The van der Waals surface area contributed by atoms with E-state index in [1.807, 2.05) is 7.05 Å². The van der Waals surface area contributed by atoms with E-state index in [2.05, 4.69) is 28.1 Å². The van der Waals surface area contributed by atoms with Gasteiger partial charge in [-0.3, -0.25) is 4.79 Å². The van der Waals surface area contributed by atoms with Gasteiger partial charge in [0.15, 0.2) is 0 Å². The highest BCUT2D eigenvalue weighted by atomic mass is 32.1. The lowest BCUT2D eigenvalue weighted by Crippen LogP contribution is -2.46. The van der Waals surface area contributed by atoms with Crippen LogP contribution >= 0.6 is 11.3 Å². The van der Waals surface area contributed by atoms with Gasteiger partial charge in [0, 0.05) is 18.0 Å². The highest BCUT2D eigenvalue weighted by molar-refractivity contribution is 7.10. The zero-order valence-corrected chi connectivity index (χ0v) is 11.8. The molecule has 0 unspecified atom stereocenters. The normalized spacial score (nSPS) is 18.5. The minimum absolute atomic E-state index is 0.222. The second kappa shape index (κ2) is 6.34. The first-order valence-corrected chi connectivity index (χ1v) is 7.64. The summed E-state index contributed by atoms with van der Waals surface area (Å²) in [5.74, 6) is 0.222. The van der Waals surface area contributed by atoms with E-state index in [1.165, 1.54) is 11.3 Å². The topological polar surface area (TPSA) is 41.1 Å². The molecule has 0 saturated heterocycles. The van der Waals surface area contributed by atoms with Crippen LogP contribution in [0.25, 0.3) is 0 Å². The van der Waals surface area contributed by atoms with Gasteiger partial charge in [-0.05, 0) is 31.3 Å². The van der Waals surface area contributed by atoms with E-state index in [0.717, 1.165) is 32.2 Å². The zero-order chi connectivity index (χ0) is 12.8. The van der Waals surface area contributed by atoms with E-state index in [1.54, 1.807) is 11.3 Å². The molecule has 3 nitrogen and oxygen atoms in total. The van der Waals surface area contributed by atoms with Gasteiger partial charge in [0.2, 0.25) is 5.91 Å². The lowest BCUT2D eigenvalue weighted by Gasteiger charge is -2.35. The molecule has 100 valence electrons. The third kappa shape index (κ3) is 2.75. The smallest absolute Gasteiger partial charge is 0.231 e. The molecule has 1 heterocycles. The SMILES string of the molecule is CNCCNC(=O)C1(c2cccs2)CCCCC1. The lowest BCUT2D eigenvalue weighted by molar-refractivity contribution is -0.127. The first-order valence-electron chi connectivity index (χ1n) is 6.76. The Hall–Kier alpha value is -0.870. The Morgan fingerprint density at radius 1 is 1.33 bits per heavy atom. The molecule has 1 saturated carbocycles. The highest BCUT2D eigenvalue weighted by Crippen LogP contribution is 2.41. The number of carbonyl (C=O) groups is 1. The molecule has 0 aromatic carbocycles. The Kier molecular flexibility index (Phi) is 4.78. The molecule has 18 heavy (non-hydrogen) atoms. The number of amides is 1. The largest absolute Gasteiger partial charge is 0.354 e. The first kappa shape index (κ1) is 13.6. The van der Waals surface area contributed by atoms with Crippen LogP contribution in [0.4, 0.5) is 0 Å². The van der Waals surface area contributed by atoms with Crippen molar-refractivity contribution in [2.75, 3.05) is 20.1 Å². The van der Waals surface area contributed by atoms with Crippen molar-refractivity contribution < 1.29 is 4.79 Å². The quantitative estimate of drug-likeness (QED) is 0.803. The van der Waals surface area contributed by atoms with E-state index >= 15 is 0 Å². The lowest BCUT2D eigenvalue weighted by atomic mass is 9.72. The number of rotatable bonds is 5. The molecule has 2 N–H and O–H groups in total. The predicted octanol–water partition coefficient (Wildman–Crippen LogP) is 2.29. The van der Waals surface area contributed by atoms with Crippen molar-refractivity contribution in [1.29, 1.82) is 0 Å². The third-order valence-corrected chi connectivity index (χ3v) is 4.87. The Labute approximate surface area is 113 Å². The van der Waals surface area contributed by atoms with Crippen molar-refractivity contribution >= 4 is 17.2 Å². The number of hydrogen-bond acceptors (Lipinski definition) is 3. The van der Waals surface area contributed by atoms with Gasteiger partial charge in [-0.25, -0.2) is 0 Å². The number of nitrogens with one attached hydrogen (secondary N) is 2. The molecule has 0 radical (unpaired) electrons. The summed E-state index contributed by atoms with van der Waals surface area (Å²) in [5.41, 5.74) is -0.250. The first-order chi connectivity index (χ1) is 8.79. The third-order valence-electron chi connectivity index (χ3n) is 3.80. The van der Waals surface area contributed by atoms with Crippen LogP contribution in [0.1, 0.15) is 37.0 Å². The van der Waals surface area contributed by atoms with Gasteiger partial charge in [-0.2, -0.15) is 0 Å². The van der Waals surface area contributed by atoms with Crippen LogP contribution in [0.15, 0.2) is 17.5 Å². The number of likely N-dealkylation sites (N-methyl/N-ethyl adjacent to an activating group) is 1. The van der Waals surface area contributed by atoms with Crippen LogP contribution in [0.5, 0.6) is 0 Å². The Bertz CT molecular complexity index is 369. The zero-order valence-electron chi connectivity index (χ0n) is 11.0. The van der Waals surface area contributed by atoms with Crippen LogP contribution < -0.4 is 10.6 Å². The molecule has 0 aliphatic heterocycles. The van der Waals surface area contributed by atoms with E-state index in [4.69, 9.17) is 0 Å². The molecule has 1 fully saturated rings. The van der Waals surface area contributed by atoms with E-state index < -0.39 is 0 Å². The van der Waals surface area contributed by atoms with Gasteiger partial charge < -0.3 is 10.6 Å². The summed E-state index contributed by atoms with van der Waals surface area (Å²) in [4.78, 5) is 13.8. The van der Waals surface area contributed by atoms with Gasteiger partial charge in [0.05, 0.1) is 5.41 Å². The van der Waals surface area contributed by atoms with Crippen LogP contribution in [0.3, 0.4) is 0 Å². The van der Waals surface area contributed by atoms with Crippen LogP contribution in [-0.4, -0.2) is 26.0 Å². The Morgan fingerprint density at radius 3 is 2.72 bits per heavy atom. The molecule has 1 aromatic heterocycles. The molecule has 1 aliphatic carbocycles. The van der Waals surface area contributed by atoms with Gasteiger partial charge in [-0.1, -0.05) is 25.3 Å². The maximum Gasteiger partial charge on any atom is 0.231 e. The van der Waals surface area contributed by atoms with Gasteiger partial charge in [-0.15, -0.1) is 11.3 Å². The molecule has 4 heteroatoms. The highest BCUT2D eigenvalue weighted by Gasteiger charge is 2.41.